The van der Waals surface area contributed by atoms with E-state index in [0.29, 0.717) is 16.6 Å². The number of methoxy groups -OCH3 is 1. The van der Waals surface area contributed by atoms with E-state index in [1.807, 2.05) is 0 Å². The van der Waals surface area contributed by atoms with Crippen LogP contribution in [0.1, 0.15) is 35.5 Å². The summed E-state index contributed by atoms with van der Waals surface area (Å²) in [6.45, 7) is 3.42. The Morgan fingerprint density at radius 3 is 2.40 bits per heavy atom. The summed E-state index contributed by atoms with van der Waals surface area (Å²) in [6, 6.07) is 10.6. The highest BCUT2D eigenvalue weighted by molar-refractivity contribution is 5.96. The molecule has 0 aliphatic heterocycles. The summed E-state index contributed by atoms with van der Waals surface area (Å²) < 4.78 is 33.5. The third-order valence-corrected chi connectivity index (χ3v) is 4.37. The average Bonchev–Trinajstić information content (AvgIpc) is 2.59. The van der Waals surface area contributed by atoms with Gasteiger partial charge in [-0.1, -0.05) is 12.1 Å². The van der Waals surface area contributed by atoms with Gasteiger partial charge in [0.05, 0.1) is 18.4 Å². The molecule has 3 nitrogen and oxygen atoms in total. The number of hydrogen-bond acceptors (Lipinski definition) is 3. The van der Waals surface area contributed by atoms with E-state index in [1.165, 1.54) is 25.3 Å². The number of benzene rings is 2. The lowest BCUT2D eigenvalue weighted by Gasteiger charge is -2.27. The zero-order valence-corrected chi connectivity index (χ0v) is 14.1. The highest BCUT2D eigenvalue weighted by atomic mass is 19.1. The smallest absolute Gasteiger partial charge is 0.337 e. The van der Waals surface area contributed by atoms with Gasteiger partial charge in [0.15, 0.2) is 0 Å². The highest BCUT2D eigenvalue weighted by Crippen LogP contribution is 2.37. The first-order valence-corrected chi connectivity index (χ1v) is 7.78. The first kappa shape index (κ1) is 17.0. The van der Waals surface area contributed by atoms with E-state index in [2.05, 4.69) is 4.98 Å². The molecule has 0 N–H and O–H groups in total. The number of esters is 1. The maximum atomic E-state index is 14.4. The zero-order chi connectivity index (χ0) is 18.2. The van der Waals surface area contributed by atoms with E-state index >= 15 is 0 Å². The molecule has 3 rings (SSSR count). The van der Waals surface area contributed by atoms with Gasteiger partial charge in [-0.2, -0.15) is 0 Å². The predicted molar refractivity (Wildman–Crippen MR) is 91.6 cm³/mol. The van der Waals surface area contributed by atoms with Crippen LogP contribution in [0, 0.1) is 11.6 Å². The molecule has 0 bridgehead atoms. The van der Waals surface area contributed by atoms with E-state index in [9.17, 15) is 13.6 Å². The van der Waals surface area contributed by atoms with Crippen molar-refractivity contribution in [3.63, 3.8) is 0 Å². The van der Waals surface area contributed by atoms with Crippen molar-refractivity contribution in [2.75, 3.05) is 7.11 Å². The van der Waals surface area contributed by atoms with Gasteiger partial charge in [0.1, 0.15) is 11.6 Å². The summed E-state index contributed by atoms with van der Waals surface area (Å²) in [5, 5.41) is 1.47. The van der Waals surface area contributed by atoms with Crippen molar-refractivity contribution in [1.82, 2.24) is 4.98 Å². The minimum Gasteiger partial charge on any atom is -0.465 e. The van der Waals surface area contributed by atoms with Crippen LogP contribution in [0.15, 0.2) is 48.7 Å². The molecule has 0 aliphatic rings. The van der Waals surface area contributed by atoms with Crippen LogP contribution in [0.4, 0.5) is 8.78 Å². The minimum atomic E-state index is -1.04. The van der Waals surface area contributed by atoms with Crippen molar-refractivity contribution < 1.29 is 18.3 Å². The molecule has 0 amide bonds. The Morgan fingerprint density at radius 2 is 1.76 bits per heavy atom. The minimum absolute atomic E-state index is 0.0570. The van der Waals surface area contributed by atoms with Crippen LogP contribution in [-0.4, -0.2) is 18.1 Å². The topological polar surface area (TPSA) is 39.2 Å². The van der Waals surface area contributed by atoms with Crippen LogP contribution < -0.4 is 0 Å². The van der Waals surface area contributed by atoms with Crippen LogP contribution in [0.3, 0.4) is 0 Å². The number of carbonyl (C=O) groups is 1. The monoisotopic (exact) mass is 341 g/mol. The third kappa shape index (κ3) is 2.86. The van der Waals surface area contributed by atoms with Crippen molar-refractivity contribution in [2.24, 2.45) is 0 Å². The lowest BCUT2D eigenvalue weighted by Crippen LogP contribution is -2.24. The summed E-state index contributed by atoms with van der Waals surface area (Å²) >= 11 is 0. The summed E-state index contributed by atoms with van der Waals surface area (Å²) in [4.78, 5) is 16.2. The van der Waals surface area contributed by atoms with Gasteiger partial charge in [0.2, 0.25) is 0 Å². The number of hydrogen-bond donors (Lipinski definition) is 0. The fraction of sp³-hybridized carbons (Fsp3) is 0.200. The Kier molecular flexibility index (Phi) is 4.25. The first-order chi connectivity index (χ1) is 11.9. The summed E-state index contributed by atoms with van der Waals surface area (Å²) in [7, 11) is 1.30. The molecule has 0 saturated carbocycles. The molecular formula is C20H17F2NO2. The van der Waals surface area contributed by atoms with Gasteiger partial charge < -0.3 is 4.74 Å². The Hall–Kier alpha value is -2.82. The second kappa shape index (κ2) is 6.24. The first-order valence-electron chi connectivity index (χ1n) is 7.78. The molecule has 25 heavy (non-hydrogen) atoms. The van der Waals surface area contributed by atoms with Gasteiger partial charge in [-0.05, 0) is 49.6 Å². The van der Waals surface area contributed by atoms with E-state index in [0.717, 1.165) is 5.39 Å². The molecule has 0 fully saturated rings. The zero-order valence-electron chi connectivity index (χ0n) is 14.1. The lowest BCUT2D eigenvalue weighted by molar-refractivity contribution is 0.0601. The molecule has 0 atom stereocenters. The van der Waals surface area contributed by atoms with Crippen molar-refractivity contribution in [3.05, 3.63) is 77.1 Å². The second-order valence-electron chi connectivity index (χ2n) is 6.31. The molecule has 0 unspecified atom stereocenters. The maximum Gasteiger partial charge on any atom is 0.337 e. The van der Waals surface area contributed by atoms with Crippen LogP contribution >= 0.6 is 0 Å². The Morgan fingerprint density at radius 1 is 1.08 bits per heavy atom. The van der Waals surface area contributed by atoms with Crippen molar-refractivity contribution >= 4 is 16.7 Å². The number of fused-ring (bicyclic) bond motifs is 1. The summed E-state index contributed by atoms with van der Waals surface area (Å²) in [5.74, 6) is -1.74. The average molecular weight is 341 g/mol. The van der Waals surface area contributed by atoms with Crippen LogP contribution in [0.5, 0.6) is 0 Å². The van der Waals surface area contributed by atoms with Crippen molar-refractivity contribution in [3.8, 4) is 0 Å². The predicted octanol–water partition coefficient (Wildman–Crippen LogP) is 4.63. The van der Waals surface area contributed by atoms with Gasteiger partial charge in [0.25, 0.3) is 0 Å². The van der Waals surface area contributed by atoms with E-state index in [1.54, 1.807) is 44.3 Å². The molecule has 3 aromatic rings. The second-order valence-corrected chi connectivity index (χ2v) is 6.31. The van der Waals surface area contributed by atoms with Crippen molar-refractivity contribution in [1.29, 1.82) is 0 Å². The Balaban J connectivity index is 2.28. The molecule has 2 aromatic carbocycles. The maximum absolute atomic E-state index is 14.4. The molecule has 0 aliphatic carbocycles. The number of aromatic nitrogens is 1. The molecule has 5 heteroatoms. The molecule has 128 valence electrons. The number of rotatable bonds is 3. The number of halogens is 2. The van der Waals surface area contributed by atoms with Gasteiger partial charge >= 0.3 is 5.97 Å². The molecule has 1 heterocycles. The van der Waals surface area contributed by atoms with Crippen LogP contribution in [0.25, 0.3) is 10.8 Å². The highest BCUT2D eigenvalue weighted by Gasteiger charge is 2.32. The van der Waals surface area contributed by atoms with E-state index in [4.69, 9.17) is 4.74 Å². The third-order valence-electron chi connectivity index (χ3n) is 4.37. The van der Waals surface area contributed by atoms with Crippen molar-refractivity contribution in [2.45, 2.75) is 19.3 Å². The summed E-state index contributed by atoms with van der Waals surface area (Å²) in [6.07, 6.45) is 1.59. The van der Waals surface area contributed by atoms with E-state index in [-0.39, 0.29) is 5.56 Å². The molecular weight excluding hydrogens is 324 g/mol. The number of pyridine rings is 1. The fourth-order valence-electron chi connectivity index (χ4n) is 3.12. The number of ether oxygens (including phenoxy) is 1. The summed E-state index contributed by atoms with van der Waals surface area (Å²) in [5.41, 5.74) is -0.253. The fourth-order valence-corrected chi connectivity index (χ4v) is 3.12. The van der Waals surface area contributed by atoms with E-state index < -0.39 is 23.0 Å². The van der Waals surface area contributed by atoms with Gasteiger partial charge in [-0.25, -0.2) is 13.6 Å². The van der Waals surface area contributed by atoms with Gasteiger partial charge in [-0.15, -0.1) is 0 Å². The normalized spacial score (nSPS) is 11.6. The quantitative estimate of drug-likeness (QED) is 0.652. The standard InChI is InChI=1S/C20H17F2NO2/c1-20(2,17-15(21)5-4-6-16(17)22)18-14-11-13(19(24)25-3)8-7-12(14)9-10-23-18/h4-11H,1-3H3. The molecule has 0 saturated heterocycles. The van der Waals surface area contributed by atoms with Gasteiger partial charge in [-0.3, -0.25) is 4.98 Å². The van der Waals surface area contributed by atoms with Gasteiger partial charge in [0, 0.05) is 22.6 Å². The number of carbonyl (C=O) groups excluding carboxylic acids is 1. The van der Waals surface area contributed by atoms with Crippen LogP contribution in [-0.2, 0) is 10.2 Å². The van der Waals surface area contributed by atoms with Crippen LogP contribution in [0.2, 0.25) is 0 Å². The molecule has 1 aromatic heterocycles. The molecule has 0 spiro atoms. The lowest BCUT2D eigenvalue weighted by atomic mass is 9.78. The largest absolute Gasteiger partial charge is 0.465 e. The Bertz CT molecular complexity index is 947. The SMILES string of the molecule is COC(=O)c1ccc2ccnc(C(C)(C)c3c(F)cccc3F)c2c1. The Labute approximate surface area is 144 Å². The number of nitrogens with zero attached hydrogens (tertiary/aromatic N) is 1. The molecule has 0 radical (unpaired) electrons.